The summed E-state index contributed by atoms with van der Waals surface area (Å²) in [6, 6.07) is 2.88. The van der Waals surface area contributed by atoms with Gasteiger partial charge in [-0.2, -0.15) is 0 Å². The lowest BCUT2D eigenvalue weighted by Crippen LogP contribution is -2.18. The molecule has 0 spiro atoms. The first-order valence-corrected chi connectivity index (χ1v) is 9.42. The van der Waals surface area contributed by atoms with Crippen molar-refractivity contribution in [2.75, 3.05) is 11.5 Å². The molecule has 1 unspecified atom stereocenters. The van der Waals surface area contributed by atoms with Crippen molar-refractivity contribution in [1.29, 1.82) is 0 Å². The molecule has 106 valence electrons. The maximum absolute atomic E-state index is 13.0. The Labute approximate surface area is 114 Å². The summed E-state index contributed by atoms with van der Waals surface area (Å²) in [6.07, 6.45) is -0.380. The third kappa shape index (κ3) is 3.58. The first-order valence-electron chi connectivity index (χ1n) is 5.29. The maximum Gasteiger partial charge on any atom is 0.265 e. The van der Waals surface area contributed by atoms with Crippen LogP contribution >= 0.6 is 10.7 Å². The molecule has 1 aliphatic heterocycles. The molecular formula is C10H10ClFO5S2. The first kappa shape index (κ1) is 14.5. The second-order valence-corrected chi connectivity index (χ2v) is 8.93. The first-order chi connectivity index (χ1) is 8.67. The van der Waals surface area contributed by atoms with Gasteiger partial charge in [-0.25, -0.2) is 21.2 Å². The number of benzene rings is 1. The van der Waals surface area contributed by atoms with Crippen molar-refractivity contribution in [1.82, 2.24) is 0 Å². The van der Waals surface area contributed by atoms with Crippen LogP contribution in [0.15, 0.2) is 23.1 Å². The van der Waals surface area contributed by atoms with Crippen LogP contribution in [0.4, 0.5) is 4.39 Å². The zero-order valence-electron chi connectivity index (χ0n) is 9.54. The normalized spacial score (nSPS) is 22.3. The van der Waals surface area contributed by atoms with Crippen molar-refractivity contribution >= 4 is 29.6 Å². The van der Waals surface area contributed by atoms with Crippen LogP contribution in [0, 0.1) is 5.82 Å². The van der Waals surface area contributed by atoms with Crippen molar-refractivity contribution in [2.24, 2.45) is 0 Å². The van der Waals surface area contributed by atoms with Crippen LogP contribution in [0.3, 0.4) is 0 Å². The molecule has 9 heteroatoms. The van der Waals surface area contributed by atoms with Gasteiger partial charge in [0, 0.05) is 10.7 Å². The summed E-state index contributed by atoms with van der Waals surface area (Å²) in [5.74, 6) is -1.11. The molecule has 1 aliphatic rings. The predicted octanol–water partition coefficient (Wildman–Crippen LogP) is 1.32. The lowest BCUT2D eigenvalue weighted by Gasteiger charge is -2.14. The summed E-state index contributed by atoms with van der Waals surface area (Å²) in [5.41, 5.74) is 0. The van der Waals surface area contributed by atoms with Gasteiger partial charge in [0.1, 0.15) is 22.6 Å². The van der Waals surface area contributed by atoms with E-state index in [0.717, 1.165) is 18.2 Å². The highest BCUT2D eigenvalue weighted by Crippen LogP contribution is 2.30. The molecule has 0 N–H and O–H groups in total. The highest BCUT2D eigenvalue weighted by Gasteiger charge is 2.31. The fraction of sp³-hybridized carbons (Fsp3) is 0.400. The van der Waals surface area contributed by atoms with E-state index in [9.17, 15) is 21.2 Å². The molecule has 1 saturated heterocycles. The van der Waals surface area contributed by atoms with E-state index in [1.165, 1.54) is 0 Å². The van der Waals surface area contributed by atoms with E-state index < -0.39 is 35.7 Å². The van der Waals surface area contributed by atoms with Crippen molar-refractivity contribution in [2.45, 2.75) is 17.4 Å². The van der Waals surface area contributed by atoms with Gasteiger partial charge in [0.25, 0.3) is 9.05 Å². The molecule has 0 bridgehead atoms. The van der Waals surface area contributed by atoms with E-state index in [4.69, 9.17) is 15.4 Å². The van der Waals surface area contributed by atoms with E-state index in [-0.39, 0.29) is 23.7 Å². The summed E-state index contributed by atoms with van der Waals surface area (Å²) >= 11 is 0. The number of rotatable bonds is 3. The topological polar surface area (TPSA) is 77.5 Å². The second kappa shape index (κ2) is 4.92. The van der Waals surface area contributed by atoms with Crippen molar-refractivity contribution in [3.63, 3.8) is 0 Å². The Kier molecular flexibility index (Phi) is 3.76. The Morgan fingerprint density at radius 2 is 2.05 bits per heavy atom. The monoisotopic (exact) mass is 328 g/mol. The average Bonchev–Trinajstić information content (AvgIpc) is 2.59. The Morgan fingerprint density at radius 3 is 2.58 bits per heavy atom. The summed E-state index contributed by atoms with van der Waals surface area (Å²) in [7, 11) is -2.14. The van der Waals surface area contributed by atoms with Crippen LogP contribution in [0.5, 0.6) is 5.75 Å². The van der Waals surface area contributed by atoms with Crippen LogP contribution in [-0.2, 0) is 18.9 Å². The molecule has 2 rings (SSSR count). The fourth-order valence-corrected chi connectivity index (χ4v) is 4.36. The van der Waals surface area contributed by atoms with E-state index in [1.54, 1.807) is 0 Å². The molecule has 0 radical (unpaired) electrons. The largest absolute Gasteiger partial charge is 0.488 e. The minimum absolute atomic E-state index is 0.0121. The standard InChI is InChI=1S/C10H10ClFO5S2/c11-19(15,16)10-5-7(12)1-2-9(10)17-8-3-4-18(13,14)6-8/h1-2,5,8H,3-4,6H2. The second-order valence-electron chi connectivity index (χ2n) is 4.17. The molecule has 1 atom stereocenters. The minimum atomic E-state index is -4.17. The van der Waals surface area contributed by atoms with Crippen LogP contribution in [0.2, 0.25) is 0 Å². The smallest absolute Gasteiger partial charge is 0.265 e. The van der Waals surface area contributed by atoms with Crippen LogP contribution in [-0.4, -0.2) is 34.4 Å². The number of hydrogen-bond acceptors (Lipinski definition) is 5. The summed E-state index contributed by atoms with van der Waals surface area (Å²) in [5, 5.41) is 0. The summed E-state index contributed by atoms with van der Waals surface area (Å²) in [4.78, 5) is -0.501. The average molecular weight is 329 g/mol. The van der Waals surface area contributed by atoms with E-state index in [1.807, 2.05) is 0 Å². The van der Waals surface area contributed by atoms with Gasteiger partial charge in [0.15, 0.2) is 9.84 Å². The van der Waals surface area contributed by atoms with E-state index in [0.29, 0.717) is 0 Å². The van der Waals surface area contributed by atoms with E-state index >= 15 is 0 Å². The highest BCUT2D eigenvalue weighted by molar-refractivity contribution is 8.13. The third-order valence-electron chi connectivity index (χ3n) is 2.65. The van der Waals surface area contributed by atoms with Crippen LogP contribution in [0.1, 0.15) is 6.42 Å². The Balaban J connectivity index is 2.31. The number of ether oxygens (including phenoxy) is 1. The van der Waals surface area contributed by atoms with Gasteiger partial charge in [-0.15, -0.1) is 0 Å². The van der Waals surface area contributed by atoms with Gasteiger partial charge < -0.3 is 4.74 Å². The summed E-state index contributed by atoms with van der Waals surface area (Å²) in [6.45, 7) is 0. The highest BCUT2D eigenvalue weighted by atomic mass is 35.7. The van der Waals surface area contributed by atoms with Gasteiger partial charge in [-0.1, -0.05) is 0 Å². The zero-order chi connectivity index (χ0) is 14.3. The number of sulfone groups is 1. The fourth-order valence-electron chi connectivity index (χ4n) is 1.80. The number of hydrogen-bond donors (Lipinski definition) is 0. The maximum atomic E-state index is 13.0. The lowest BCUT2D eigenvalue weighted by molar-refractivity contribution is 0.222. The Bertz CT molecular complexity index is 699. The van der Waals surface area contributed by atoms with Crippen LogP contribution < -0.4 is 4.74 Å². The van der Waals surface area contributed by atoms with Gasteiger partial charge in [0.05, 0.1) is 11.5 Å². The zero-order valence-corrected chi connectivity index (χ0v) is 11.9. The molecule has 1 aromatic rings. The van der Waals surface area contributed by atoms with Crippen molar-refractivity contribution in [3.8, 4) is 5.75 Å². The number of halogens is 2. The third-order valence-corrected chi connectivity index (χ3v) is 5.73. The lowest BCUT2D eigenvalue weighted by atomic mass is 10.3. The summed E-state index contributed by atoms with van der Waals surface area (Å²) < 4.78 is 63.5. The van der Waals surface area contributed by atoms with Gasteiger partial charge in [-0.05, 0) is 24.6 Å². The van der Waals surface area contributed by atoms with Crippen molar-refractivity contribution < 1.29 is 26.0 Å². The minimum Gasteiger partial charge on any atom is -0.488 e. The van der Waals surface area contributed by atoms with E-state index in [2.05, 4.69) is 0 Å². The predicted molar refractivity (Wildman–Crippen MR) is 67.1 cm³/mol. The molecule has 1 heterocycles. The molecule has 0 aromatic heterocycles. The Morgan fingerprint density at radius 1 is 1.37 bits per heavy atom. The molecule has 1 fully saturated rings. The quantitative estimate of drug-likeness (QED) is 0.782. The molecule has 19 heavy (non-hydrogen) atoms. The molecule has 0 saturated carbocycles. The molecule has 0 amide bonds. The van der Waals surface area contributed by atoms with Gasteiger partial charge in [-0.3, -0.25) is 0 Å². The van der Waals surface area contributed by atoms with Crippen molar-refractivity contribution in [3.05, 3.63) is 24.0 Å². The molecule has 1 aromatic carbocycles. The van der Waals surface area contributed by atoms with Gasteiger partial charge >= 0.3 is 0 Å². The van der Waals surface area contributed by atoms with Gasteiger partial charge in [0.2, 0.25) is 0 Å². The molecule has 0 aliphatic carbocycles. The molecular weight excluding hydrogens is 319 g/mol. The SMILES string of the molecule is O=S1(=O)CCC(Oc2ccc(F)cc2S(=O)(=O)Cl)C1. The Hall–Kier alpha value is -0.860. The molecule has 5 nitrogen and oxygen atoms in total. The van der Waals surface area contributed by atoms with Crippen LogP contribution in [0.25, 0.3) is 0 Å².